The predicted octanol–water partition coefficient (Wildman–Crippen LogP) is 3.85. The molecule has 0 aromatic heterocycles. The number of nitrogens with one attached hydrogen (secondary N) is 1. The third kappa shape index (κ3) is 6.46. The monoisotopic (exact) mass is 536 g/mol. The van der Waals surface area contributed by atoms with E-state index < -0.39 is 16.1 Å². The van der Waals surface area contributed by atoms with Gasteiger partial charge in [0.05, 0.1) is 21.7 Å². The van der Waals surface area contributed by atoms with Crippen molar-refractivity contribution in [3.63, 3.8) is 0 Å². The van der Waals surface area contributed by atoms with Gasteiger partial charge >= 0.3 is 10.2 Å². The standard InChI is InChI=1S/C24H26Cl2N4O4S/c25-22-5-4-21(15-23(22)26)34-20-8-10-29(11-9-20)19-6-12-30(13-7-19)35(32,33)28-24(31)18-3-1-2-17(14-18)16-27/h1-5,14-15,19-20H,6-13H2,(H,28,31). The van der Waals surface area contributed by atoms with E-state index in [4.69, 9.17) is 33.2 Å². The van der Waals surface area contributed by atoms with Crippen molar-refractivity contribution in [2.24, 2.45) is 0 Å². The van der Waals surface area contributed by atoms with Crippen LogP contribution < -0.4 is 9.46 Å². The molecule has 11 heteroatoms. The van der Waals surface area contributed by atoms with Crippen molar-refractivity contribution in [1.29, 1.82) is 5.26 Å². The fourth-order valence-electron chi connectivity index (χ4n) is 4.52. The maximum Gasteiger partial charge on any atom is 0.304 e. The summed E-state index contributed by atoms with van der Waals surface area (Å²) >= 11 is 12.0. The van der Waals surface area contributed by atoms with Crippen molar-refractivity contribution >= 4 is 39.3 Å². The molecule has 0 atom stereocenters. The molecule has 2 aliphatic rings. The van der Waals surface area contributed by atoms with E-state index in [2.05, 4.69) is 9.62 Å². The quantitative estimate of drug-likeness (QED) is 0.601. The summed E-state index contributed by atoms with van der Waals surface area (Å²) < 4.78 is 35.0. The Kier molecular flexibility index (Phi) is 8.19. The van der Waals surface area contributed by atoms with Crippen LogP contribution in [0.25, 0.3) is 0 Å². The van der Waals surface area contributed by atoms with Gasteiger partial charge in [-0.25, -0.2) is 4.72 Å². The van der Waals surface area contributed by atoms with Gasteiger partial charge in [0.25, 0.3) is 5.91 Å². The molecular formula is C24H26Cl2N4O4S. The molecule has 8 nitrogen and oxygen atoms in total. The number of hydrogen-bond donors (Lipinski definition) is 1. The predicted molar refractivity (Wildman–Crippen MR) is 134 cm³/mol. The first-order valence-corrected chi connectivity index (χ1v) is 13.6. The zero-order valence-electron chi connectivity index (χ0n) is 19.0. The minimum Gasteiger partial charge on any atom is -0.490 e. The van der Waals surface area contributed by atoms with Crippen LogP contribution >= 0.6 is 23.2 Å². The van der Waals surface area contributed by atoms with Gasteiger partial charge in [0.15, 0.2) is 0 Å². The maximum absolute atomic E-state index is 12.7. The molecule has 2 fully saturated rings. The lowest BCUT2D eigenvalue weighted by molar-refractivity contribution is 0.0584. The molecule has 186 valence electrons. The number of rotatable bonds is 6. The zero-order valence-corrected chi connectivity index (χ0v) is 21.3. The summed E-state index contributed by atoms with van der Waals surface area (Å²) in [5, 5.41) is 9.95. The number of benzene rings is 2. The zero-order chi connectivity index (χ0) is 25.0. The van der Waals surface area contributed by atoms with E-state index in [1.807, 2.05) is 12.1 Å². The Labute approximate surface area is 215 Å². The van der Waals surface area contributed by atoms with Crippen LogP contribution in [-0.4, -0.2) is 61.9 Å². The molecule has 2 heterocycles. The minimum absolute atomic E-state index is 0.0960. The SMILES string of the molecule is N#Cc1cccc(C(=O)NS(=O)(=O)N2CCC(N3CCC(Oc4ccc(Cl)c(Cl)c4)CC3)CC2)c1. The Hall–Kier alpha value is -2.35. The summed E-state index contributed by atoms with van der Waals surface area (Å²) in [6, 6.07) is 13.4. The molecule has 0 bridgehead atoms. The third-order valence-electron chi connectivity index (χ3n) is 6.43. The van der Waals surface area contributed by atoms with Gasteiger partial charge in [0.2, 0.25) is 0 Å². The van der Waals surface area contributed by atoms with Crippen LogP contribution in [0.4, 0.5) is 0 Å². The van der Waals surface area contributed by atoms with Gasteiger partial charge in [-0.2, -0.15) is 18.0 Å². The average Bonchev–Trinajstić information content (AvgIpc) is 2.86. The normalized spacial score (nSPS) is 18.7. The van der Waals surface area contributed by atoms with E-state index in [1.54, 1.807) is 24.3 Å². The second-order valence-electron chi connectivity index (χ2n) is 8.69. The Morgan fingerprint density at radius 2 is 1.71 bits per heavy atom. The van der Waals surface area contributed by atoms with Gasteiger partial charge in [-0.15, -0.1) is 0 Å². The highest BCUT2D eigenvalue weighted by Crippen LogP contribution is 2.29. The van der Waals surface area contributed by atoms with Gasteiger partial charge in [0.1, 0.15) is 11.9 Å². The second kappa shape index (κ2) is 11.1. The molecule has 0 unspecified atom stereocenters. The molecule has 2 aromatic rings. The van der Waals surface area contributed by atoms with Gasteiger partial charge in [0, 0.05) is 43.9 Å². The number of nitrogens with zero attached hydrogens (tertiary/aromatic N) is 3. The van der Waals surface area contributed by atoms with Crippen LogP contribution in [0, 0.1) is 11.3 Å². The highest BCUT2D eigenvalue weighted by atomic mass is 35.5. The number of nitriles is 1. The van der Waals surface area contributed by atoms with Gasteiger partial charge < -0.3 is 9.64 Å². The number of amides is 1. The van der Waals surface area contributed by atoms with Crippen LogP contribution in [-0.2, 0) is 10.2 Å². The molecular weight excluding hydrogens is 511 g/mol. The maximum atomic E-state index is 12.7. The minimum atomic E-state index is -3.96. The second-order valence-corrected chi connectivity index (χ2v) is 11.2. The number of ether oxygens (including phenoxy) is 1. The largest absolute Gasteiger partial charge is 0.490 e. The smallest absolute Gasteiger partial charge is 0.304 e. The van der Waals surface area contributed by atoms with E-state index in [-0.39, 0.29) is 17.7 Å². The van der Waals surface area contributed by atoms with Crippen LogP contribution in [0.3, 0.4) is 0 Å². The number of carbonyl (C=O) groups excluding carboxylic acids is 1. The lowest BCUT2D eigenvalue weighted by Gasteiger charge is -2.41. The number of likely N-dealkylation sites (tertiary alicyclic amines) is 1. The van der Waals surface area contributed by atoms with Gasteiger partial charge in [-0.3, -0.25) is 4.79 Å². The van der Waals surface area contributed by atoms with Crippen LogP contribution in [0.15, 0.2) is 42.5 Å². The third-order valence-corrected chi connectivity index (χ3v) is 8.65. The molecule has 2 aliphatic heterocycles. The average molecular weight is 537 g/mol. The topological polar surface area (TPSA) is 103 Å². The van der Waals surface area contributed by atoms with Crippen molar-refractivity contribution in [3.8, 4) is 11.8 Å². The highest BCUT2D eigenvalue weighted by molar-refractivity contribution is 7.87. The molecule has 0 radical (unpaired) electrons. The molecule has 1 amide bonds. The molecule has 0 aliphatic carbocycles. The van der Waals surface area contributed by atoms with E-state index in [1.165, 1.54) is 16.4 Å². The number of halogens is 2. The Morgan fingerprint density at radius 1 is 1.00 bits per heavy atom. The molecule has 4 rings (SSSR count). The van der Waals surface area contributed by atoms with Crippen molar-refractivity contribution in [1.82, 2.24) is 13.9 Å². The summed E-state index contributed by atoms with van der Waals surface area (Å²) in [6.45, 7) is 2.42. The Bertz CT molecular complexity index is 1220. The Balaban J connectivity index is 1.25. The molecule has 0 spiro atoms. The fourth-order valence-corrected chi connectivity index (χ4v) is 5.98. The van der Waals surface area contributed by atoms with Crippen LogP contribution in [0.1, 0.15) is 41.6 Å². The lowest BCUT2D eigenvalue weighted by Crippen LogP contribution is -2.52. The van der Waals surface area contributed by atoms with E-state index in [0.29, 0.717) is 47.3 Å². The first kappa shape index (κ1) is 25.7. The summed E-state index contributed by atoms with van der Waals surface area (Å²) in [5.41, 5.74) is 0.426. The molecule has 1 N–H and O–H groups in total. The fraction of sp³-hybridized carbons (Fsp3) is 0.417. The first-order chi connectivity index (χ1) is 16.7. The summed E-state index contributed by atoms with van der Waals surface area (Å²) in [4.78, 5) is 14.8. The highest BCUT2D eigenvalue weighted by Gasteiger charge is 2.33. The van der Waals surface area contributed by atoms with Crippen molar-refractivity contribution in [2.45, 2.75) is 37.8 Å². The van der Waals surface area contributed by atoms with Crippen LogP contribution in [0.5, 0.6) is 5.75 Å². The summed E-state index contributed by atoms with van der Waals surface area (Å²) in [7, 11) is -3.96. The molecule has 35 heavy (non-hydrogen) atoms. The van der Waals surface area contributed by atoms with Gasteiger partial charge in [-0.05, 0) is 56.0 Å². The van der Waals surface area contributed by atoms with Crippen molar-refractivity contribution in [2.75, 3.05) is 26.2 Å². The summed E-state index contributed by atoms with van der Waals surface area (Å²) in [6.07, 6.45) is 3.22. The number of piperidine rings is 2. The van der Waals surface area contributed by atoms with E-state index in [0.717, 1.165) is 25.9 Å². The molecule has 2 aromatic carbocycles. The first-order valence-electron chi connectivity index (χ1n) is 11.4. The van der Waals surface area contributed by atoms with Crippen molar-refractivity contribution < 1.29 is 17.9 Å². The van der Waals surface area contributed by atoms with Crippen molar-refractivity contribution in [3.05, 3.63) is 63.6 Å². The van der Waals surface area contributed by atoms with Gasteiger partial charge in [-0.1, -0.05) is 29.3 Å². The van der Waals surface area contributed by atoms with E-state index in [9.17, 15) is 13.2 Å². The van der Waals surface area contributed by atoms with E-state index >= 15 is 0 Å². The van der Waals surface area contributed by atoms with Crippen LogP contribution in [0.2, 0.25) is 10.0 Å². The summed E-state index contributed by atoms with van der Waals surface area (Å²) in [5.74, 6) is -0.0361. The number of carbonyl (C=O) groups is 1. The lowest BCUT2D eigenvalue weighted by atomic mass is 10.00. The Morgan fingerprint density at radius 3 is 2.37 bits per heavy atom. The molecule has 2 saturated heterocycles. The number of hydrogen-bond acceptors (Lipinski definition) is 6. The molecule has 0 saturated carbocycles.